The second-order valence-corrected chi connectivity index (χ2v) is 9.86. The van der Waals surface area contributed by atoms with Gasteiger partial charge in [-0.1, -0.05) is 12.1 Å². The SMILES string of the molecule is COCc1cc(-c2ccc3c(c2NC(=O)NS(=O)(=O)c2ccn(C(C)C)n2)CCC3)ccn1. The number of rotatable bonds is 7. The second-order valence-electron chi connectivity index (χ2n) is 8.24. The van der Waals surface area contributed by atoms with Gasteiger partial charge in [-0.05, 0) is 68.0 Å². The van der Waals surface area contributed by atoms with E-state index in [1.54, 1.807) is 19.5 Å². The Morgan fingerprint density at radius 3 is 2.76 bits per heavy atom. The molecule has 174 valence electrons. The van der Waals surface area contributed by atoms with E-state index < -0.39 is 16.1 Å². The van der Waals surface area contributed by atoms with Crippen LogP contribution in [-0.4, -0.2) is 36.3 Å². The number of pyridine rings is 1. The Balaban J connectivity index is 1.64. The summed E-state index contributed by atoms with van der Waals surface area (Å²) < 4.78 is 34.2. The van der Waals surface area contributed by atoms with Crippen LogP contribution < -0.4 is 10.0 Å². The van der Waals surface area contributed by atoms with E-state index in [0.29, 0.717) is 12.3 Å². The molecule has 0 aliphatic heterocycles. The van der Waals surface area contributed by atoms with Crippen molar-refractivity contribution < 1.29 is 17.9 Å². The molecule has 0 unspecified atom stereocenters. The van der Waals surface area contributed by atoms with Crippen molar-refractivity contribution in [3.8, 4) is 11.1 Å². The number of nitrogens with one attached hydrogen (secondary N) is 2. The van der Waals surface area contributed by atoms with Gasteiger partial charge in [-0.2, -0.15) is 13.5 Å². The number of ether oxygens (including phenoxy) is 1. The lowest BCUT2D eigenvalue weighted by Gasteiger charge is -2.17. The highest BCUT2D eigenvalue weighted by Gasteiger charge is 2.24. The molecule has 2 N–H and O–H groups in total. The maximum Gasteiger partial charge on any atom is 0.333 e. The van der Waals surface area contributed by atoms with E-state index in [4.69, 9.17) is 4.74 Å². The Morgan fingerprint density at radius 2 is 2.03 bits per heavy atom. The fourth-order valence-corrected chi connectivity index (χ4v) is 4.83. The van der Waals surface area contributed by atoms with Crippen LogP contribution >= 0.6 is 0 Å². The Kier molecular flexibility index (Phi) is 6.48. The molecule has 3 aromatic rings. The zero-order valence-electron chi connectivity index (χ0n) is 18.8. The molecule has 9 nitrogen and oxygen atoms in total. The minimum absolute atomic E-state index is 0.000558. The molecule has 0 bridgehead atoms. The molecular formula is C23H27N5O4S. The highest BCUT2D eigenvalue weighted by atomic mass is 32.2. The third-order valence-electron chi connectivity index (χ3n) is 5.56. The largest absolute Gasteiger partial charge is 0.378 e. The zero-order valence-corrected chi connectivity index (χ0v) is 19.6. The van der Waals surface area contributed by atoms with E-state index in [9.17, 15) is 13.2 Å². The minimum Gasteiger partial charge on any atom is -0.378 e. The fourth-order valence-electron chi connectivity index (χ4n) is 3.99. The van der Waals surface area contributed by atoms with Crippen molar-refractivity contribution in [2.24, 2.45) is 0 Å². The number of carbonyl (C=O) groups is 1. The van der Waals surface area contributed by atoms with Gasteiger partial charge in [0.05, 0.1) is 18.0 Å². The lowest BCUT2D eigenvalue weighted by molar-refractivity contribution is 0.181. The van der Waals surface area contributed by atoms with Gasteiger partial charge in [-0.25, -0.2) is 9.52 Å². The number of anilines is 1. The van der Waals surface area contributed by atoms with Crippen LogP contribution in [-0.2, 0) is 34.2 Å². The van der Waals surface area contributed by atoms with Crippen molar-refractivity contribution in [1.82, 2.24) is 19.5 Å². The normalized spacial score (nSPS) is 13.2. The Bertz CT molecular complexity index is 1280. The lowest BCUT2D eigenvalue weighted by Crippen LogP contribution is -2.35. The van der Waals surface area contributed by atoms with Crippen molar-refractivity contribution in [2.45, 2.75) is 50.8 Å². The van der Waals surface area contributed by atoms with E-state index in [2.05, 4.69) is 26.2 Å². The molecule has 1 aliphatic rings. The summed E-state index contributed by atoms with van der Waals surface area (Å²) in [5.41, 5.74) is 5.20. The number of urea groups is 1. The van der Waals surface area contributed by atoms with E-state index in [-0.39, 0.29) is 11.1 Å². The Labute approximate surface area is 193 Å². The number of aryl methyl sites for hydroxylation is 1. The number of carbonyl (C=O) groups excluding carboxylic acids is 1. The predicted octanol–water partition coefficient (Wildman–Crippen LogP) is 3.67. The number of fused-ring (bicyclic) bond motifs is 1. The quantitative estimate of drug-likeness (QED) is 0.546. The molecule has 0 saturated carbocycles. The summed E-state index contributed by atoms with van der Waals surface area (Å²) in [6.45, 7) is 4.14. The van der Waals surface area contributed by atoms with E-state index in [0.717, 1.165) is 47.2 Å². The lowest BCUT2D eigenvalue weighted by atomic mass is 9.97. The monoisotopic (exact) mass is 469 g/mol. The molecule has 4 rings (SSSR count). The van der Waals surface area contributed by atoms with Crippen molar-refractivity contribution in [1.29, 1.82) is 0 Å². The van der Waals surface area contributed by atoms with Crippen LogP contribution in [0, 0.1) is 0 Å². The first-order valence-electron chi connectivity index (χ1n) is 10.8. The number of hydrogen-bond acceptors (Lipinski definition) is 6. The third kappa shape index (κ3) is 4.91. The highest BCUT2D eigenvalue weighted by molar-refractivity contribution is 7.90. The third-order valence-corrected chi connectivity index (χ3v) is 6.78. The average molecular weight is 470 g/mol. The van der Waals surface area contributed by atoms with Gasteiger partial charge in [0.25, 0.3) is 10.0 Å². The summed E-state index contributed by atoms with van der Waals surface area (Å²) in [7, 11) is -2.52. The van der Waals surface area contributed by atoms with Gasteiger partial charge in [-0.15, -0.1) is 0 Å². The van der Waals surface area contributed by atoms with Crippen molar-refractivity contribution in [3.63, 3.8) is 0 Å². The number of aromatic nitrogens is 3. The average Bonchev–Trinajstić information content (AvgIpc) is 3.44. The molecule has 1 aromatic carbocycles. The van der Waals surface area contributed by atoms with Gasteiger partial charge in [0, 0.05) is 31.1 Å². The smallest absolute Gasteiger partial charge is 0.333 e. The first-order chi connectivity index (χ1) is 15.8. The number of benzene rings is 1. The number of hydrogen-bond donors (Lipinski definition) is 2. The number of amides is 2. The Morgan fingerprint density at radius 1 is 1.21 bits per heavy atom. The molecule has 10 heteroatoms. The van der Waals surface area contributed by atoms with Gasteiger partial charge in [0.2, 0.25) is 0 Å². The van der Waals surface area contributed by atoms with Gasteiger partial charge in [-0.3, -0.25) is 9.67 Å². The van der Waals surface area contributed by atoms with Gasteiger partial charge in [0.15, 0.2) is 5.03 Å². The fraction of sp³-hybridized carbons (Fsp3) is 0.348. The standard InChI is InChI=1S/C23H27N5O4S/c1-15(2)28-12-10-21(26-28)33(30,31)27-23(29)25-22-19-6-4-5-16(19)7-8-20(22)17-9-11-24-18(13-17)14-32-3/h7-13,15H,4-6,14H2,1-3H3,(H2,25,27,29). The summed E-state index contributed by atoms with van der Waals surface area (Å²) in [4.78, 5) is 17.1. The van der Waals surface area contributed by atoms with Gasteiger partial charge in [0.1, 0.15) is 0 Å². The Hall–Kier alpha value is -3.24. The molecular weight excluding hydrogens is 442 g/mol. The van der Waals surface area contributed by atoms with E-state index >= 15 is 0 Å². The van der Waals surface area contributed by atoms with Crippen LogP contribution in [0.3, 0.4) is 0 Å². The summed E-state index contributed by atoms with van der Waals surface area (Å²) in [5.74, 6) is 0. The van der Waals surface area contributed by atoms with Crippen LogP contribution in [0.15, 0.2) is 47.8 Å². The summed E-state index contributed by atoms with van der Waals surface area (Å²) in [5, 5.41) is 6.65. The zero-order chi connectivity index (χ0) is 23.6. The van der Waals surface area contributed by atoms with Gasteiger partial charge < -0.3 is 10.1 Å². The summed E-state index contributed by atoms with van der Waals surface area (Å²) in [6, 6.07) is 8.31. The van der Waals surface area contributed by atoms with Crippen LogP contribution in [0.2, 0.25) is 0 Å². The maximum atomic E-state index is 12.8. The van der Waals surface area contributed by atoms with Gasteiger partial charge >= 0.3 is 6.03 Å². The topological polar surface area (TPSA) is 115 Å². The molecule has 2 amide bonds. The summed E-state index contributed by atoms with van der Waals surface area (Å²) >= 11 is 0. The highest BCUT2D eigenvalue weighted by Crippen LogP contribution is 2.37. The second kappa shape index (κ2) is 9.32. The number of sulfonamides is 1. The molecule has 1 aliphatic carbocycles. The molecule has 0 saturated heterocycles. The van der Waals surface area contributed by atoms with Crippen molar-refractivity contribution >= 4 is 21.7 Å². The molecule has 0 spiro atoms. The molecule has 0 fully saturated rings. The van der Waals surface area contributed by atoms with Crippen LogP contribution in [0.4, 0.5) is 10.5 Å². The maximum absolute atomic E-state index is 12.8. The predicted molar refractivity (Wildman–Crippen MR) is 124 cm³/mol. The van der Waals surface area contributed by atoms with Crippen molar-refractivity contribution in [2.75, 3.05) is 12.4 Å². The molecule has 2 heterocycles. The molecule has 0 atom stereocenters. The van der Waals surface area contributed by atoms with Crippen LogP contribution in [0.25, 0.3) is 11.1 Å². The van der Waals surface area contributed by atoms with Crippen LogP contribution in [0.5, 0.6) is 0 Å². The van der Waals surface area contributed by atoms with E-state index in [1.807, 2.05) is 32.0 Å². The molecule has 2 aromatic heterocycles. The van der Waals surface area contributed by atoms with Crippen molar-refractivity contribution in [3.05, 3.63) is 59.5 Å². The van der Waals surface area contributed by atoms with E-state index in [1.165, 1.54) is 10.7 Å². The summed E-state index contributed by atoms with van der Waals surface area (Å²) in [6.07, 6.45) is 5.96. The first kappa shape index (κ1) is 22.9. The minimum atomic E-state index is -4.12. The molecule has 33 heavy (non-hydrogen) atoms. The molecule has 0 radical (unpaired) electrons. The number of methoxy groups -OCH3 is 1. The van der Waals surface area contributed by atoms with Crippen LogP contribution in [0.1, 0.15) is 43.1 Å². The first-order valence-corrected chi connectivity index (χ1v) is 12.2. The number of nitrogens with zero attached hydrogens (tertiary/aromatic N) is 3.